The van der Waals surface area contributed by atoms with Crippen LogP contribution in [0.2, 0.25) is 0 Å². The van der Waals surface area contributed by atoms with Gasteiger partial charge in [0, 0.05) is 139 Å². The second-order valence-corrected chi connectivity index (χ2v) is 34.5. The van der Waals surface area contributed by atoms with E-state index >= 15 is 0 Å². The molecule has 4 amide bonds. The van der Waals surface area contributed by atoms with E-state index in [-0.39, 0.29) is 164 Å². The number of H-pyrrole nitrogens is 1. The molecule has 1 saturated heterocycles. The summed E-state index contributed by atoms with van der Waals surface area (Å²) in [6.45, 7) is 12.8. The van der Waals surface area contributed by atoms with Gasteiger partial charge in [-0.25, -0.2) is 13.9 Å². The highest BCUT2D eigenvalue weighted by Crippen LogP contribution is 2.54. The molecule has 1 fully saturated rings. The van der Waals surface area contributed by atoms with Crippen molar-refractivity contribution >= 4 is 136 Å². The molecule has 0 radical (unpaired) electrons. The first-order chi connectivity index (χ1) is 68.1. The molecule has 8 rings (SSSR count). The minimum Gasteiger partial charge on any atom is -0.466 e. The number of nitrogens with one attached hydrogen (secondary N) is 5. The first-order valence-corrected chi connectivity index (χ1v) is 49.1. The van der Waals surface area contributed by atoms with Crippen LogP contribution in [0.5, 0.6) is 0 Å². The number of amides is 4. The van der Waals surface area contributed by atoms with Gasteiger partial charge in [-0.05, 0) is 139 Å². The number of esters is 2. The number of oxime groups is 2. The molecule has 5 N–H and O–H groups in total. The summed E-state index contributed by atoms with van der Waals surface area (Å²) in [7, 11) is -4.11. The van der Waals surface area contributed by atoms with Crippen LogP contribution in [0, 0.1) is 42.9 Å². The summed E-state index contributed by atoms with van der Waals surface area (Å²) < 4.78 is 88.6. The van der Waals surface area contributed by atoms with E-state index in [1.165, 1.54) is 45.6 Å². The lowest BCUT2D eigenvalue weighted by Gasteiger charge is -2.23. The van der Waals surface area contributed by atoms with Crippen molar-refractivity contribution < 1.29 is 108 Å². The largest absolute Gasteiger partial charge is 0.475 e. The summed E-state index contributed by atoms with van der Waals surface area (Å²) in [5.74, 6) is -2.05. The molecule has 762 valence electrons. The van der Waals surface area contributed by atoms with Crippen molar-refractivity contribution in [2.45, 2.75) is 168 Å². The number of aromatic nitrogens is 2. The Morgan fingerprint density at radius 1 is 0.582 bits per heavy atom. The summed E-state index contributed by atoms with van der Waals surface area (Å²) in [4.78, 5) is 137. The molecule has 0 bridgehead atoms. The van der Waals surface area contributed by atoms with Crippen molar-refractivity contribution in [2.75, 3.05) is 143 Å². The van der Waals surface area contributed by atoms with Crippen LogP contribution in [0.1, 0.15) is 156 Å². The molecule has 6 aromatic carbocycles. The van der Waals surface area contributed by atoms with Crippen molar-refractivity contribution in [1.29, 1.82) is 10.5 Å². The molecule has 6 atom stereocenters. The van der Waals surface area contributed by atoms with Gasteiger partial charge in [-0.2, -0.15) is 20.8 Å². The van der Waals surface area contributed by atoms with Crippen LogP contribution in [-0.2, 0) is 98.4 Å². The Balaban J connectivity index is 0.000000388. The van der Waals surface area contributed by atoms with Gasteiger partial charge < -0.3 is 64.4 Å². The molecule has 1 aromatic heterocycles. The van der Waals surface area contributed by atoms with E-state index in [1.807, 2.05) is 95.3 Å². The Hall–Kier alpha value is -13.3. The SMILES string of the molecule is CCC(COCCCNC(=O)CCC/C(C)=N/OCCN(CC)c1ccc(N=Nc2ccc([N+](=O)[O-])c3ccccc23)cc1)OP(=O)(OCCC#N)OCCCOC(=O)CCC(=O)NC.CCN(CCO/N=C(\C)CCCC(=O)NC/C=C/c1cn(C2CC(OP(=O)(OCCC#N)OCCCOC(=O)CCC(=O)NC)C(COC)O2)c(=O)[nH]c1=O)c1ccc(N=Nc2ccc([N+](=O)[O-])c3ccccc23)cc1. The number of likely N-dealkylation sites (N-methyl/N-ethyl adjacent to an activating group) is 2. The van der Waals surface area contributed by atoms with Gasteiger partial charge in [0.1, 0.15) is 31.6 Å². The number of non-ortho nitro benzene ring substituents is 2. The van der Waals surface area contributed by atoms with E-state index in [0.717, 1.165) is 28.2 Å². The van der Waals surface area contributed by atoms with Crippen LogP contribution in [0.3, 0.4) is 0 Å². The number of ether oxygens (including phenoxy) is 5. The summed E-state index contributed by atoms with van der Waals surface area (Å²) in [5, 5.41) is 79.4. The predicted octanol–water partition coefficient (Wildman–Crippen LogP) is 15.5. The van der Waals surface area contributed by atoms with Gasteiger partial charge in [-0.3, -0.25) is 90.5 Å². The van der Waals surface area contributed by atoms with E-state index in [2.05, 4.69) is 66.8 Å². The Bertz CT molecular complexity index is 5690. The van der Waals surface area contributed by atoms with Crippen molar-refractivity contribution in [2.24, 2.45) is 30.8 Å². The number of aromatic amines is 1. The zero-order chi connectivity index (χ0) is 102. The minimum absolute atomic E-state index is 0.00632. The number of carbonyl (C=O) groups is 6. The lowest BCUT2D eigenvalue weighted by Crippen LogP contribution is -2.33. The Labute approximate surface area is 815 Å². The number of nitro groups is 2. The molecule has 0 saturated carbocycles. The van der Waals surface area contributed by atoms with Crippen molar-refractivity contribution in [3.63, 3.8) is 0 Å². The summed E-state index contributed by atoms with van der Waals surface area (Å²) in [5.41, 5.74) is 4.37. The van der Waals surface area contributed by atoms with Crippen molar-refractivity contribution in [3.8, 4) is 12.1 Å². The molecule has 1 aliphatic heterocycles. The third-order valence-electron chi connectivity index (χ3n) is 20.9. The topological polar surface area (TPSA) is 574 Å². The third-order valence-corrected chi connectivity index (χ3v) is 24.0. The fourth-order valence-corrected chi connectivity index (χ4v) is 16.3. The smallest absolute Gasteiger partial charge is 0.466 e. The van der Waals surface area contributed by atoms with Gasteiger partial charge in [-0.15, -0.1) is 10.2 Å². The average molecular weight is 2000 g/mol. The van der Waals surface area contributed by atoms with Crippen LogP contribution >= 0.6 is 15.6 Å². The molecule has 141 heavy (non-hydrogen) atoms. The van der Waals surface area contributed by atoms with E-state index in [0.29, 0.717) is 141 Å². The van der Waals surface area contributed by atoms with Gasteiger partial charge in [0.25, 0.3) is 16.9 Å². The standard InChI is InChI=1S/C50H63N10O15P.C44H61N8O12P/c1-5-58(38-19-17-37(18-20-38)55-56-41-21-22-42(60(66)67)40-15-7-6-14-39(40)41)27-31-71-57-35(2)12-8-16-46(62)53-26-9-13-36-33-59(50(65)54-49(36)64)47-32-43(44(74-47)34-69-4)75-76(68,72-29-10-25-51)73-30-11-28-70-48(63)24-23-45(61)52-3;1-5-37(64-65(58,62-30-10-25-45)63-31-12-29-60-44(55)24-23-42(53)46-4)33-59-28-11-26-47-43(54)16-9-13-34(3)50-61-32-27-51(6-2)36-19-17-35(18-20-36)48-49-40-21-22-41(52(56)57)39-15-8-7-14-38(39)40/h6-7,9,13-15,17-22,33,43-44,47H,5,8,10-12,16,23-24,26-32,34H2,1-4H3,(H,52,61)(H,53,62)(H,54,64,65);7-8,14-15,17-22,37H,5-6,9-13,16,23-24,26-33H2,1-4H3,(H,46,53)(H,47,54)/b13-9+,56-55?,57-35+;49-48?,50-34+. The van der Waals surface area contributed by atoms with Crippen molar-refractivity contribution in [1.82, 2.24) is 30.8 Å². The lowest BCUT2D eigenvalue weighted by atomic mass is 10.1. The normalized spacial score (nSPS) is 14.8. The summed E-state index contributed by atoms with van der Waals surface area (Å²) in [6.07, 6.45) is 4.32. The maximum Gasteiger partial charge on any atom is 0.475 e. The van der Waals surface area contributed by atoms with Gasteiger partial charge >= 0.3 is 33.3 Å². The Morgan fingerprint density at radius 3 is 1.54 bits per heavy atom. The van der Waals surface area contributed by atoms with E-state index in [4.69, 9.17) is 71.0 Å². The van der Waals surface area contributed by atoms with Crippen molar-refractivity contribution in [3.05, 3.63) is 180 Å². The molecular formula is C94H124N18O27P2. The van der Waals surface area contributed by atoms with Gasteiger partial charge in [0.05, 0.1) is 170 Å². The van der Waals surface area contributed by atoms with Gasteiger partial charge in [-0.1, -0.05) is 65.8 Å². The number of nitro benzene ring substituents is 2. The maximum atomic E-state index is 13.8. The third kappa shape index (κ3) is 41.6. The zero-order valence-electron chi connectivity index (χ0n) is 80.4. The van der Waals surface area contributed by atoms with Crippen LogP contribution in [0.4, 0.5) is 45.5 Å². The van der Waals surface area contributed by atoms with Crippen LogP contribution < -0.4 is 42.3 Å². The number of phosphoric acid groups is 2. The van der Waals surface area contributed by atoms with E-state index < -0.39 is 73.2 Å². The molecule has 0 spiro atoms. The summed E-state index contributed by atoms with van der Waals surface area (Å²) in [6, 6.07) is 39.0. The van der Waals surface area contributed by atoms with Crippen LogP contribution in [-0.4, -0.2) is 218 Å². The highest BCUT2D eigenvalue weighted by molar-refractivity contribution is 7.48. The maximum absolute atomic E-state index is 13.8. The Kier molecular flexibility index (Phi) is 51.6. The van der Waals surface area contributed by atoms with Crippen LogP contribution in [0.15, 0.2) is 174 Å². The molecule has 2 heterocycles. The fourth-order valence-electron chi connectivity index (χ4n) is 13.5. The average Bonchev–Trinajstić information content (AvgIpc) is 1.75. The van der Waals surface area contributed by atoms with E-state index in [1.54, 1.807) is 66.7 Å². The first-order valence-electron chi connectivity index (χ1n) is 46.1. The van der Waals surface area contributed by atoms with E-state index in [9.17, 15) is 67.7 Å². The first kappa shape index (κ1) is 115. The quantitative estimate of drug-likeness (QED) is 0.00449. The number of rotatable bonds is 65. The molecule has 45 nitrogen and oxygen atoms in total. The number of hydrogen-bond acceptors (Lipinski definition) is 37. The highest BCUT2D eigenvalue weighted by Gasteiger charge is 2.44. The predicted molar refractivity (Wildman–Crippen MR) is 524 cm³/mol. The monoisotopic (exact) mass is 2000 g/mol. The minimum atomic E-state index is -4.37. The second-order valence-electron chi connectivity index (χ2n) is 31.3. The number of phosphoric ester groups is 2. The van der Waals surface area contributed by atoms with Gasteiger partial charge in [0.2, 0.25) is 23.6 Å². The second kappa shape index (κ2) is 63.4. The molecule has 7 aromatic rings. The number of nitrogens with zero attached hydrogens (tertiary/aromatic N) is 13. The molecule has 0 aliphatic carbocycles. The fraction of sp³-hybridized carbons (Fsp3) is 0.489. The lowest BCUT2D eigenvalue weighted by molar-refractivity contribution is -0.383. The highest BCUT2D eigenvalue weighted by atomic mass is 31.2. The molecule has 1 aliphatic rings. The number of benzene rings is 6. The number of azo groups is 2. The molecule has 47 heteroatoms. The Morgan fingerprint density at radius 2 is 1.06 bits per heavy atom. The summed E-state index contributed by atoms with van der Waals surface area (Å²) >= 11 is 0. The number of nitriles is 2. The van der Waals surface area contributed by atoms with Crippen LogP contribution in [0.25, 0.3) is 27.6 Å². The number of carbonyl (C=O) groups excluding carboxylic acids is 6. The number of hydrogen-bond donors (Lipinski definition) is 5. The van der Waals surface area contributed by atoms with Gasteiger partial charge in [0.15, 0.2) is 0 Å². The molecular weight excluding hydrogens is 1880 g/mol. The molecule has 6 unspecified atom stereocenters. The zero-order valence-corrected chi connectivity index (χ0v) is 82.1. The number of methoxy groups -OCH3 is 1. The number of anilines is 2. The number of fused-ring (bicyclic) bond motifs is 2.